The van der Waals surface area contributed by atoms with Crippen LogP contribution in [-0.2, 0) is 0 Å². The average molecular weight is 511 g/mol. The fourth-order valence-corrected chi connectivity index (χ4v) is 2.48. The van der Waals surface area contributed by atoms with Crippen LogP contribution in [0.1, 0.15) is 0 Å². The Labute approximate surface area is 155 Å². The number of anilines is 1. The van der Waals surface area contributed by atoms with E-state index < -0.39 is 11.6 Å². The van der Waals surface area contributed by atoms with E-state index in [2.05, 4.69) is 36.7 Å². The van der Waals surface area contributed by atoms with Gasteiger partial charge in [0.05, 0.1) is 14.2 Å². The normalized spacial score (nSPS) is 12.3. The van der Waals surface area contributed by atoms with Crippen LogP contribution >= 0.6 is 38.5 Å². The first kappa shape index (κ1) is 17.0. The Kier molecular flexibility index (Phi) is 4.96. The number of benzene rings is 1. The minimum absolute atomic E-state index is 0.0595. The van der Waals surface area contributed by atoms with Gasteiger partial charge in [-0.25, -0.2) is 18.4 Å². The molecule has 1 atom stereocenters. The SMILES string of the molecule is NC(I)CNc1nonc1-c1noc(=O)n1-c1ccc(F)c(Br)c1. The molecule has 3 aromatic rings. The maximum atomic E-state index is 13.4. The molecule has 3 rings (SSSR count). The monoisotopic (exact) mass is 510 g/mol. The summed E-state index contributed by atoms with van der Waals surface area (Å²) >= 11 is 5.10. The highest BCUT2D eigenvalue weighted by Crippen LogP contribution is 2.26. The summed E-state index contributed by atoms with van der Waals surface area (Å²) in [6.07, 6.45) is 0. The maximum absolute atomic E-state index is 13.4. The van der Waals surface area contributed by atoms with Crippen molar-refractivity contribution in [2.24, 2.45) is 5.73 Å². The second kappa shape index (κ2) is 6.98. The van der Waals surface area contributed by atoms with E-state index in [1.54, 1.807) is 0 Å². The first-order valence-electron chi connectivity index (χ1n) is 6.48. The number of nitrogens with two attached hydrogens (primary N) is 1. The molecule has 9 nitrogen and oxygen atoms in total. The zero-order chi connectivity index (χ0) is 17.3. The predicted molar refractivity (Wildman–Crippen MR) is 93.5 cm³/mol. The topological polar surface area (TPSA) is 125 Å². The van der Waals surface area contributed by atoms with Crippen LogP contribution in [0.25, 0.3) is 17.2 Å². The molecule has 2 aromatic heterocycles. The lowest BCUT2D eigenvalue weighted by atomic mass is 10.3. The number of nitrogens with zero attached hydrogens (tertiary/aromatic N) is 4. The van der Waals surface area contributed by atoms with Gasteiger partial charge in [0.1, 0.15) is 5.82 Å². The molecule has 0 fully saturated rings. The quantitative estimate of drug-likeness (QED) is 0.303. The number of halogens is 3. The highest BCUT2D eigenvalue weighted by atomic mass is 127. The minimum Gasteiger partial charge on any atom is -0.363 e. The molecular formula is C12H9BrFIN6O3. The summed E-state index contributed by atoms with van der Waals surface area (Å²) in [6, 6.07) is 4.03. The van der Waals surface area contributed by atoms with Gasteiger partial charge in [0.15, 0.2) is 5.69 Å². The van der Waals surface area contributed by atoms with Crippen LogP contribution in [-0.4, -0.2) is 30.6 Å². The van der Waals surface area contributed by atoms with Crippen molar-refractivity contribution in [3.05, 3.63) is 39.0 Å². The molecule has 0 amide bonds. The second-order valence-corrected chi connectivity index (χ2v) is 7.02. The third-order valence-electron chi connectivity index (χ3n) is 2.93. The Bertz CT molecular complexity index is 924. The second-order valence-electron chi connectivity index (χ2n) is 4.56. The van der Waals surface area contributed by atoms with Gasteiger partial charge in [-0.3, -0.25) is 4.52 Å². The smallest absolute Gasteiger partial charge is 0.363 e. The van der Waals surface area contributed by atoms with Crippen LogP contribution in [0, 0.1) is 5.82 Å². The molecule has 1 aromatic carbocycles. The molecule has 0 saturated carbocycles. The van der Waals surface area contributed by atoms with Gasteiger partial charge in [-0.05, 0) is 44.4 Å². The number of alkyl halides is 1. The Balaban J connectivity index is 2.07. The maximum Gasteiger partial charge on any atom is 0.446 e. The summed E-state index contributed by atoms with van der Waals surface area (Å²) in [5.41, 5.74) is 6.17. The van der Waals surface area contributed by atoms with Crippen molar-refractivity contribution >= 4 is 44.3 Å². The summed E-state index contributed by atoms with van der Waals surface area (Å²) in [7, 11) is 0. The number of hydrogen-bond acceptors (Lipinski definition) is 8. The lowest BCUT2D eigenvalue weighted by Crippen LogP contribution is -2.22. The van der Waals surface area contributed by atoms with Crippen LogP contribution < -0.4 is 16.8 Å². The van der Waals surface area contributed by atoms with Crippen molar-refractivity contribution in [2.45, 2.75) is 4.05 Å². The molecule has 1 unspecified atom stereocenters. The van der Waals surface area contributed by atoms with Gasteiger partial charge in [0, 0.05) is 6.54 Å². The van der Waals surface area contributed by atoms with Gasteiger partial charge in [-0.15, -0.1) is 0 Å². The summed E-state index contributed by atoms with van der Waals surface area (Å²) in [4.78, 5) is 12.0. The molecule has 12 heteroatoms. The fraction of sp³-hybridized carbons (Fsp3) is 0.167. The van der Waals surface area contributed by atoms with Gasteiger partial charge in [0.2, 0.25) is 11.6 Å². The zero-order valence-electron chi connectivity index (χ0n) is 11.7. The fourth-order valence-electron chi connectivity index (χ4n) is 1.90. The molecule has 0 aliphatic carbocycles. The lowest BCUT2D eigenvalue weighted by Gasteiger charge is -2.06. The van der Waals surface area contributed by atoms with E-state index in [1.165, 1.54) is 18.2 Å². The molecule has 0 aliphatic rings. The molecule has 0 spiro atoms. The van der Waals surface area contributed by atoms with Gasteiger partial charge in [-0.1, -0.05) is 27.7 Å². The summed E-state index contributed by atoms with van der Waals surface area (Å²) < 4.78 is 24.0. The Hall–Kier alpha value is -1.80. The Morgan fingerprint density at radius 3 is 2.92 bits per heavy atom. The minimum atomic E-state index is -0.761. The lowest BCUT2D eigenvalue weighted by molar-refractivity contribution is 0.309. The largest absolute Gasteiger partial charge is 0.446 e. The highest BCUT2D eigenvalue weighted by Gasteiger charge is 2.23. The first-order valence-corrected chi connectivity index (χ1v) is 8.52. The van der Waals surface area contributed by atoms with E-state index in [4.69, 9.17) is 14.9 Å². The predicted octanol–water partition coefficient (Wildman–Crippen LogP) is 1.91. The number of hydrogen-bond donors (Lipinski definition) is 2. The third kappa shape index (κ3) is 3.34. The third-order valence-corrected chi connectivity index (χ3v) is 3.98. The van der Waals surface area contributed by atoms with Gasteiger partial charge in [0.25, 0.3) is 0 Å². The first-order chi connectivity index (χ1) is 11.5. The van der Waals surface area contributed by atoms with Crippen molar-refractivity contribution < 1.29 is 13.5 Å². The molecule has 3 N–H and O–H groups in total. The average Bonchev–Trinajstić information content (AvgIpc) is 3.14. The molecule has 0 aliphatic heterocycles. The van der Waals surface area contributed by atoms with Gasteiger partial charge < -0.3 is 11.1 Å². The molecule has 0 radical (unpaired) electrons. The van der Waals surface area contributed by atoms with E-state index in [1.807, 2.05) is 22.6 Å². The number of nitrogens with one attached hydrogen (secondary N) is 1. The van der Waals surface area contributed by atoms with E-state index >= 15 is 0 Å². The summed E-state index contributed by atoms with van der Waals surface area (Å²) in [6.45, 7) is 0.395. The number of aromatic nitrogens is 4. The Morgan fingerprint density at radius 1 is 1.42 bits per heavy atom. The standard InChI is InChI=1S/C12H9BrFIN6O3/c13-6-3-5(1-2-7(6)14)21-11(20-23-12(21)22)9-10(19-24-18-9)17-4-8(15)16/h1-3,8H,4,16H2,(H,17,19). The van der Waals surface area contributed by atoms with E-state index in [0.717, 1.165) is 4.57 Å². The summed E-state index contributed by atoms with van der Waals surface area (Å²) in [5, 5.41) is 14.1. The van der Waals surface area contributed by atoms with Crippen molar-refractivity contribution in [2.75, 3.05) is 11.9 Å². The van der Waals surface area contributed by atoms with Crippen LogP contribution in [0.15, 0.2) is 36.6 Å². The van der Waals surface area contributed by atoms with Crippen molar-refractivity contribution in [3.63, 3.8) is 0 Å². The summed E-state index contributed by atoms with van der Waals surface area (Å²) in [5.74, 6) is -0.913. The van der Waals surface area contributed by atoms with Crippen molar-refractivity contribution in [1.82, 2.24) is 20.0 Å². The molecule has 2 heterocycles. The van der Waals surface area contributed by atoms with Gasteiger partial charge >= 0.3 is 5.76 Å². The molecule has 24 heavy (non-hydrogen) atoms. The molecule has 126 valence electrons. The molecule has 0 saturated heterocycles. The van der Waals surface area contributed by atoms with E-state index in [9.17, 15) is 9.18 Å². The Morgan fingerprint density at radius 2 is 2.21 bits per heavy atom. The van der Waals surface area contributed by atoms with Gasteiger partial charge in [-0.2, -0.15) is 0 Å². The molecule has 0 bridgehead atoms. The van der Waals surface area contributed by atoms with E-state index in [0.29, 0.717) is 12.2 Å². The van der Waals surface area contributed by atoms with Crippen LogP contribution in [0.5, 0.6) is 0 Å². The highest BCUT2D eigenvalue weighted by molar-refractivity contribution is 14.1. The van der Waals surface area contributed by atoms with E-state index in [-0.39, 0.29) is 25.9 Å². The van der Waals surface area contributed by atoms with Crippen molar-refractivity contribution in [1.29, 1.82) is 0 Å². The van der Waals surface area contributed by atoms with Crippen LogP contribution in [0.2, 0.25) is 0 Å². The number of rotatable bonds is 5. The van der Waals surface area contributed by atoms with Crippen LogP contribution in [0.3, 0.4) is 0 Å². The van der Waals surface area contributed by atoms with Crippen molar-refractivity contribution in [3.8, 4) is 17.2 Å². The zero-order valence-corrected chi connectivity index (χ0v) is 15.5. The van der Waals surface area contributed by atoms with Crippen LogP contribution in [0.4, 0.5) is 10.2 Å². The molecular weight excluding hydrogens is 502 g/mol.